The van der Waals surface area contributed by atoms with Gasteiger partial charge in [0, 0.05) is 0 Å². The van der Waals surface area contributed by atoms with Crippen molar-refractivity contribution in [1.82, 2.24) is 0 Å². The predicted molar refractivity (Wildman–Crippen MR) is 59.3 cm³/mol. The Morgan fingerprint density at radius 2 is 1.62 bits per heavy atom. The first-order valence-electron chi connectivity index (χ1n) is 4.58. The molecule has 0 aliphatic carbocycles. The van der Waals surface area contributed by atoms with Gasteiger partial charge in [0.05, 0.1) is 19.8 Å². The zero-order valence-electron chi connectivity index (χ0n) is 9.79. The summed E-state index contributed by atoms with van der Waals surface area (Å²) in [6, 6.07) is 0. The lowest BCUT2D eigenvalue weighted by Gasteiger charge is -2.06. The van der Waals surface area contributed by atoms with Crippen molar-refractivity contribution < 1.29 is 19.1 Å². The molecule has 0 amide bonds. The highest BCUT2D eigenvalue weighted by molar-refractivity contribution is 6.42. The third-order valence-corrected chi connectivity index (χ3v) is 1.91. The van der Waals surface area contributed by atoms with Crippen LogP contribution in [-0.4, -0.2) is 31.9 Å². The van der Waals surface area contributed by atoms with Crippen LogP contribution < -0.4 is 0 Å². The summed E-state index contributed by atoms with van der Waals surface area (Å²) in [6.45, 7) is 3.21. The third kappa shape index (κ3) is 3.34. The maximum atomic E-state index is 11.4. The second-order valence-corrected chi connectivity index (χ2v) is 2.90. The van der Waals surface area contributed by atoms with E-state index in [0.717, 1.165) is 0 Å². The first kappa shape index (κ1) is 14.1. The van der Waals surface area contributed by atoms with Crippen LogP contribution in [0.15, 0.2) is 23.3 Å². The molecule has 88 valence electrons. The fourth-order valence-corrected chi connectivity index (χ4v) is 1.01. The summed E-state index contributed by atoms with van der Waals surface area (Å²) in [5.74, 6) is -1.38. The van der Waals surface area contributed by atoms with E-state index < -0.39 is 11.9 Å². The minimum atomic E-state index is -0.789. The second kappa shape index (κ2) is 6.55. The summed E-state index contributed by atoms with van der Waals surface area (Å²) < 4.78 is 8.95. The van der Waals surface area contributed by atoms with Crippen LogP contribution >= 0.6 is 0 Å². The molecule has 5 nitrogen and oxygen atoms in total. The van der Waals surface area contributed by atoms with Crippen molar-refractivity contribution in [2.45, 2.75) is 13.8 Å². The molecule has 1 N–H and O–H groups in total. The van der Waals surface area contributed by atoms with Gasteiger partial charge in [0.2, 0.25) is 0 Å². The second-order valence-electron chi connectivity index (χ2n) is 2.90. The van der Waals surface area contributed by atoms with Crippen LogP contribution in [0.3, 0.4) is 0 Å². The average Bonchev–Trinajstić information content (AvgIpc) is 2.32. The van der Waals surface area contributed by atoms with Gasteiger partial charge < -0.3 is 9.47 Å². The number of rotatable bonds is 4. The van der Waals surface area contributed by atoms with Crippen molar-refractivity contribution in [2.24, 2.45) is 0 Å². The Hall–Kier alpha value is -1.91. The van der Waals surface area contributed by atoms with Crippen LogP contribution in [0.5, 0.6) is 0 Å². The molecule has 0 unspecified atom stereocenters. The zero-order chi connectivity index (χ0) is 12.7. The van der Waals surface area contributed by atoms with Gasteiger partial charge in [0.25, 0.3) is 0 Å². The Morgan fingerprint density at radius 3 is 2.00 bits per heavy atom. The molecular formula is C11H15NO4. The van der Waals surface area contributed by atoms with Crippen LogP contribution in [0.2, 0.25) is 0 Å². The highest BCUT2D eigenvalue weighted by Gasteiger charge is 2.18. The summed E-state index contributed by atoms with van der Waals surface area (Å²) in [5.41, 5.74) is 0.0261. The van der Waals surface area contributed by atoms with Gasteiger partial charge >= 0.3 is 11.9 Å². The zero-order valence-corrected chi connectivity index (χ0v) is 9.79. The number of nitrogens with one attached hydrogen (secondary N) is 1. The normalized spacial score (nSPS) is 12.0. The van der Waals surface area contributed by atoms with Gasteiger partial charge in [-0.2, -0.15) is 0 Å². The monoisotopic (exact) mass is 225 g/mol. The first-order chi connectivity index (χ1) is 7.49. The molecule has 16 heavy (non-hydrogen) atoms. The summed E-state index contributed by atoms with van der Waals surface area (Å²) >= 11 is 0. The Labute approximate surface area is 94.2 Å². The topological polar surface area (TPSA) is 76.5 Å². The van der Waals surface area contributed by atoms with Crippen molar-refractivity contribution in [3.63, 3.8) is 0 Å². The van der Waals surface area contributed by atoms with Gasteiger partial charge in [-0.3, -0.25) is 5.41 Å². The number of esters is 2. The smallest absolute Gasteiger partial charge is 0.356 e. The quantitative estimate of drug-likeness (QED) is 0.338. The number of carbonyl (C=O) groups excluding carboxylic acids is 2. The van der Waals surface area contributed by atoms with Crippen LogP contribution in [0.1, 0.15) is 13.8 Å². The summed E-state index contributed by atoms with van der Waals surface area (Å²) in [6.07, 6.45) is 3.11. The highest BCUT2D eigenvalue weighted by atomic mass is 16.5. The van der Waals surface area contributed by atoms with Crippen molar-refractivity contribution in [2.75, 3.05) is 14.2 Å². The van der Waals surface area contributed by atoms with Gasteiger partial charge in [-0.25, -0.2) is 9.59 Å². The first-order valence-corrected chi connectivity index (χ1v) is 4.58. The molecule has 0 heterocycles. The third-order valence-electron chi connectivity index (χ3n) is 1.91. The van der Waals surface area contributed by atoms with Crippen molar-refractivity contribution in [3.8, 4) is 0 Å². The van der Waals surface area contributed by atoms with Gasteiger partial charge in [-0.05, 0) is 19.4 Å². The van der Waals surface area contributed by atoms with E-state index in [2.05, 4.69) is 9.47 Å². The number of hydrogen-bond donors (Lipinski definition) is 1. The molecule has 0 aromatic carbocycles. The summed E-state index contributed by atoms with van der Waals surface area (Å²) in [5, 5.41) is 7.50. The van der Waals surface area contributed by atoms with E-state index in [1.165, 1.54) is 27.2 Å². The molecule has 0 saturated heterocycles. The maximum Gasteiger partial charge on any atom is 0.356 e. The minimum Gasteiger partial charge on any atom is -0.465 e. The Kier molecular flexibility index (Phi) is 5.77. The molecule has 0 saturated carbocycles. The lowest BCUT2D eigenvalue weighted by molar-refractivity contribution is -0.135. The Morgan fingerprint density at radius 1 is 1.12 bits per heavy atom. The van der Waals surface area contributed by atoms with Crippen LogP contribution in [-0.2, 0) is 19.1 Å². The van der Waals surface area contributed by atoms with E-state index in [0.29, 0.717) is 0 Å². The van der Waals surface area contributed by atoms with Gasteiger partial charge in [-0.15, -0.1) is 0 Å². The molecule has 0 radical (unpaired) electrons. The predicted octanol–water partition coefficient (Wildman–Crippen LogP) is 1.24. The van der Waals surface area contributed by atoms with Gasteiger partial charge in [0.1, 0.15) is 5.71 Å². The molecule has 0 rings (SSSR count). The minimum absolute atomic E-state index is 0.167. The molecule has 0 fully saturated rings. The molecule has 0 aromatic rings. The molecule has 0 spiro atoms. The van der Waals surface area contributed by atoms with E-state index in [4.69, 9.17) is 5.41 Å². The van der Waals surface area contributed by atoms with E-state index >= 15 is 0 Å². The number of carbonyl (C=O) groups is 2. The van der Waals surface area contributed by atoms with Gasteiger partial charge in [-0.1, -0.05) is 12.2 Å². The maximum absolute atomic E-state index is 11.4. The molecule has 0 aliphatic heterocycles. The SMILES string of the molecule is C/C=C\C(C(=O)OC)=C(/C)C(=N)C(=O)OC. The van der Waals surface area contributed by atoms with E-state index in [-0.39, 0.29) is 16.9 Å². The molecular weight excluding hydrogens is 210 g/mol. The summed E-state index contributed by atoms with van der Waals surface area (Å²) in [7, 11) is 2.42. The van der Waals surface area contributed by atoms with E-state index in [1.807, 2.05) is 0 Å². The Balaban J connectivity index is 5.35. The Bertz CT molecular complexity index is 366. The molecule has 0 aliphatic rings. The largest absolute Gasteiger partial charge is 0.465 e. The number of hydrogen-bond acceptors (Lipinski definition) is 5. The van der Waals surface area contributed by atoms with E-state index in [9.17, 15) is 9.59 Å². The fourth-order valence-electron chi connectivity index (χ4n) is 1.01. The lowest BCUT2D eigenvalue weighted by atomic mass is 10.0. The number of ether oxygens (including phenoxy) is 2. The molecule has 0 atom stereocenters. The fraction of sp³-hybridized carbons (Fsp3) is 0.364. The lowest BCUT2D eigenvalue weighted by Crippen LogP contribution is -2.19. The number of allylic oxidation sites excluding steroid dienone is 1. The summed E-state index contributed by atoms with van der Waals surface area (Å²) in [4.78, 5) is 22.5. The standard InChI is InChI=1S/C11H15NO4/c1-5-6-8(10(13)15-3)7(2)9(12)11(14)16-4/h5-6,12H,1-4H3/b6-5-,8-7-,12-9?. The number of methoxy groups -OCH3 is 2. The van der Waals surface area contributed by atoms with Crippen LogP contribution in [0, 0.1) is 5.41 Å². The van der Waals surface area contributed by atoms with Crippen molar-refractivity contribution in [3.05, 3.63) is 23.3 Å². The molecule has 0 bridgehead atoms. The van der Waals surface area contributed by atoms with Crippen molar-refractivity contribution in [1.29, 1.82) is 5.41 Å². The van der Waals surface area contributed by atoms with Crippen LogP contribution in [0.25, 0.3) is 0 Å². The van der Waals surface area contributed by atoms with Gasteiger partial charge in [0.15, 0.2) is 0 Å². The van der Waals surface area contributed by atoms with Crippen molar-refractivity contribution >= 4 is 17.7 Å². The average molecular weight is 225 g/mol. The molecule has 0 aromatic heterocycles. The molecule has 5 heteroatoms. The van der Waals surface area contributed by atoms with E-state index in [1.54, 1.807) is 13.0 Å². The van der Waals surface area contributed by atoms with Crippen LogP contribution in [0.4, 0.5) is 0 Å². The highest BCUT2D eigenvalue weighted by Crippen LogP contribution is 2.10.